The van der Waals surface area contributed by atoms with Crippen LogP contribution in [0, 0.1) is 0 Å². The quantitative estimate of drug-likeness (QED) is 0.569. The highest BCUT2D eigenvalue weighted by Gasteiger charge is 2.46. The number of aliphatic hydroxyl groups is 1. The highest BCUT2D eigenvalue weighted by atomic mass is 32.2. The summed E-state index contributed by atoms with van der Waals surface area (Å²) in [6, 6.07) is 0. The molecule has 0 aromatic rings. The van der Waals surface area contributed by atoms with Crippen LogP contribution in [0.2, 0.25) is 0 Å². The number of β-amino-alcohol motifs (C(OH)–C–C–N with tert-alkyl or cyclic N) is 1. The fraction of sp³-hybridized carbons (Fsp3) is 1.00. The molecule has 2 N–H and O–H groups in total. The van der Waals surface area contributed by atoms with Crippen molar-refractivity contribution in [1.82, 2.24) is 4.90 Å². The Kier molecular flexibility index (Phi) is 2.44. The van der Waals surface area contributed by atoms with Crippen molar-refractivity contribution < 1.29 is 18.1 Å². The molecule has 0 radical (unpaired) electrons. The van der Waals surface area contributed by atoms with Crippen LogP contribution >= 0.6 is 0 Å². The minimum Gasteiger partial charge on any atom is -0.371 e. The van der Waals surface area contributed by atoms with Crippen molar-refractivity contribution in [2.24, 2.45) is 0 Å². The molecule has 1 aliphatic rings. The molecule has 1 atom stereocenters. The Bertz CT molecular complexity index is 263. The molecule has 0 aromatic carbocycles. The Balaban J connectivity index is 2.78. The molecule has 1 fully saturated rings. The molecule has 1 aliphatic heterocycles. The second-order valence-electron chi connectivity index (χ2n) is 3.04. The maximum atomic E-state index is 10.7. The predicted molar refractivity (Wildman–Crippen MR) is 43.2 cm³/mol. The number of rotatable bonds is 2. The van der Waals surface area contributed by atoms with Gasteiger partial charge in [-0.1, -0.05) is 6.92 Å². The zero-order chi connectivity index (χ0) is 9.41. The molecule has 12 heavy (non-hydrogen) atoms. The van der Waals surface area contributed by atoms with Crippen LogP contribution in [0.3, 0.4) is 0 Å². The van der Waals surface area contributed by atoms with Crippen molar-refractivity contribution in [3.8, 4) is 0 Å². The van der Waals surface area contributed by atoms with Gasteiger partial charge in [-0.05, 0) is 6.54 Å². The monoisotopic (exact) mass is 195 g/mol. The first-order chi connectivity index (χ1) is 5.39. The third-order valence-corrected chi connectivity index (χ3v) is 3.51. The Morgan fingerprint density at radius 1 is 1.58 bits per heavy atom. The van der Waals surface area contributed by atoms with Gasteiger partial charge in [0.1, 0.15) is 0 Å². The summed E-state index contributed by atoms with van der Waals surface area (Å²) >= 11 is 0. The van der Waals surface area contributed by atoms with Gasteiger partial charge in [0.2, 0.25) is 4.93 Å². The lowest BCUT2D eigenvalue weighted by Gasteiger charge is -2.18. The molecule has 1 unspecified atom stereocenters. The lowest BCUT2D eigenvalue weighted by Crippen LogP contribution is -2.40. The molecule has 0 aliphatic carbocycles. The minimum absolute atomic E-state index is 0.00231. The fourth-order valence-electron chi connectivity index (χ4n) is 1.32. The van der Waals surface area contributed by atoms with Crippen LogP contribution in [-0.2, 0) is 10.1 Å². The maximum Gasteiger partial charge on any atom is 0.296 e. The largest absolute Gasteiger partial charge is 0.371 e. The first kappa shape index (κ1) is 9.91. The van der Waals surface area contributed by atoms with E-state index in [0.717, 1.165) is 0 Å². The van der Waals surface area contributed by atoms with Crippen LogP contribution in [0.15, 0.2) is 0 Å². The zero-order valence-electron chi connectivity index (χ0n) is 6.89. The maximum absolute atomic E-state index is 10.7. The second-order valence-corrected chi connectivity index (χ2v) is 4.75. The third kappa shape index (κ3) is 1.61. The molecular weight excluding hydrogens is 182 g/mol. The van der Waals surface area contributed by atoms with Crippen molar-refractivity contribution in [1.29, 1.82) is 0 Å². The van der Waals surface area contributed by atoms with Gasteiger partial charge in [-0.3, -0.25) is 9.45 Å². The van der Waals surface area contributed by atoms with Crippen molar-refractivity contribution in [2.45, 2.75) is 18.3 Å². The molecule has 72 valence electrons. The number of nitrogens with zero attached hydrogens (tertiary/aromatic N) is 1. The van der Waals surface area contributed by atoms with Gasteiger partial charge < -0.3 is 5.11 Å². The van der Waals surface area contributed by atoms with Crippen molar-refractivity contribution in [2.75, 3.05) is 19.6 Å². The van der Waals surface area contributed by atoms with E-state index in [9.17, 15) is 13.5 Å². The highest BCUT2D eigenvalue weighted by Crippen LogP contribution is 2.25. The van der Waals surface area contributed by atoms with Gasteiger partial charge in [-0.15, -0.1) is 0 Å². The van der Waals surface area contributed by atoms with E-state index in [0.29, 0.717) is 13.1 Å². The standard InChI is InChI=1S/C6H13NO4S/c1-2-7-4-3-6(8,5-7)12(9,10)11/h8H,2-5H2,1H3,(H,9,10,11). The van der Waals surface area contributed by atoms with Crippen LogP contribution in [0.1, 0.15) is 13.3 Å². The molecule has 1 rings (SSSR count). The smallest absolute Gasteiger partial charge is 0.296 e. The summed E-state index contributed by atoms with van der Waals surface area (Å²) in [5.74, 6) is 0. The summed E-state index contributed by atoms with van der Waals surface area (Å²) < 4.78 is 30.1. The van der Waals surface area contributed by atoms with Crippen molar-refractivity contribution in [3.63, 3.8) is 0 Å². The van der Waals surface area contributed by atoms with E-state index < -0.39 is 15.1 Å². The summed E-state index contributed by atoms with van der Waals surface area (Å²) in [6.07, 6.45) is 0.0830. The molecule has 0 aromatic heterocycles. The zero-order valence-corrected chi connectivity index (χ0v) is 7.71. The van der Waals surface area contributed by atoms with E-state index in [1.54, 1.807) is 4.90 Å². The Labute approximate surface area is 71.7 Å². The van der Waals surface area contributed by atoms with Crippen molar-refractivity contribution in [3.05, 3.63) is 0 Å². The van der Waals surface area contributed by atoms with Gasteiger partial charge in [0.05, 0.1) is 0 Å². The molecule has 0 spiro atoms. The van der Waals surface area contributed by atoms with Gasteiger partial charge in [0, 0.05) is 19.5 Å². The van der Waals surface area contributed by atoms with Gasteiger partial charge >= 0.3 is 0 Å². The van der Waals surface area contributed by atoms with E-state index in [-0.39, 0.29) is 13.0 Å². The summed E-state index contributed by atoms with van der Waals surface area (Å²) in [4.78, 5) is -0.170. The van der Waals surface area contributed by atoms with Gasteiger partial charge in [0.15, 0.2) is 0 Å². The lowest BCUT2D eigenvalue weighted by atomic mass is 10.3. The summed E-state index contributed by atoms with van der Waals surface area (Å²) in [7, 11) is -4.33. The van der Waals surface area contributed by atoms with Crippen LogP contribution in [-0.4, -0.2) is 47.5 Å². The second kappa shape index (κ2) is 2.95. The number of hydrogen-bond donors (Lipinski definition) is 2. The van der Waals surface area contributed by atoms with Crippen LogP contribution in [0.4, 0.5) is 0 Å². The normalized spacial score (nSPS) is 32.6. The molecular formula is C6H13NO4S. The van der Waals surface area contributed by atoms with E-state index >= 15 is 0 Å². The molecule has 1 heterocycles. The SMILES string of the molecule is CCN1CCC(O)(S(=O)(=O)O)C1. The summed E-state index contributed by atoms with van der Waals surface area (Å²) in [5, 5.41) is 9.45. The number of hydrogen-bond acceptors (Lipinski definition) is 4. The molecule has 6 heteroatoms. The summed E-state index contributed by atoms with van der Waals surface area (Å²) in [5.41, 5.74) is 0. The van der Waals surface area contributed by atoms with Gasteiger partial charge in [-0.25, -0.2) is 0 Å². The number of likely N-dealkylation sites (N-methyl/N-ethyl adjacent to an activating group) is 1. The van der Waals surface area contributed by atoms with Crippen molar-refractivity contribution >= 4 is 10.1 Å². The first-order valence-electron chi connectivity index (χ1n) is 3.81. The Hall–Kier alpha value is -0.170. The van der Waals surface area contributed by atoms with E-state index in [4.69, 9.17) is 4.55 Å². The van der Waals surface area contributed by atoms with E-state index in [1.807, 2.05) is 6.92 Å². The summed E-state index contributed by atoms with van der Waals surface area (Å²) in [6.45, 7) is 3.06. The van der Waals surface area contributed by atoms with Crippen LogP contribution < -0.4 is 0 Å². The highest BCUT2D eigenvalue weighted by molar-refractivity contribution is 7.87. The first-order valence-corrected chi connectivity index (χ1v) is 5.25. The van der Waals surface area contributed by atoms with Gasteiger partial charge in [0.25, 0.3) is 10.1 Å². The molecule has 0 saturated carbocycles. The molecule has 0 bridgehead atoms. The topological polar surface area (TPSA) is 77.8 Å². The molecule has 0 amide bonds. The predicted octanol–water partition coefficient (Wildman–Crippen LogP) is -0.712. The number of likely N-dealkylation sites (tertiary alicyclic amines) is 1. The lowest BCUT2D eigenvalue weighted by molar-refractivity contribution is 0.120. The molecule has 5 nitrogen and oxygen atoms in total. The third-order valence-electron chi connectivity index (χ3n) is 2.22. The van der Waals surface area contributed by atoms with Crippen LogP contribution in [0.25, 0.3) is 0 Å². The minimum atomic E-state index is -4.33. The van der Waals surface area contributed by atoms with E-state index in [2.05, 4.69) is 0 Å². The average molecular weight is 195 g/mol. The van der Waals surface area contributed by atoms with Gasteiger partial charge in [-0.2, -0.15) is 8.42 Å². The Morgan fingerprint density at radius 2 is 2.17 bits per heavy atom. The van der Waals surface area contributed by atoms with Crippen LogP contribution in [0.5, 0.6) is 0 Å². The van der Waals surface area contributed by atoms with E-state index in [1.165, 1.54) is 0 Å². The fourth-order valence-corrected chi connectivity index (χ4v) is 2.02. The molecule has 1 saturated heterocycles. The average Bonchev–Trinajstić information content (AvgIpc) is 2.31. The Morgan fingerprint density at radius 3 is 2.42 bits per heavy atom.